The van der Waals surface area contributed by atoms with Crippen molar-refractivity contribution in [1.82, 2.24) is 5.32 Å². The minimum absolute atomic E-state index is 0.0970. The van der Waals surface area contributed by atoms with Crippen molar-refractivity contribution in [1.29, 1.82) is 0 Å². The Morgan fingerprint density at radius 1 is 2.00 bits per heavy atom. The number of allylic oxidation sites excluding steroid dienone is 1. The summed E-state index contributed by atoms with van der Waals surface area (Å²) in [6.45, 7) is 0. The van der Waals surface area contributed by atoms with Gasteiger partial charge in [-0.15, -0.1) is 11.8 Å². The molecule has 0 fully saturated rings. The molecule has 2 radical (unpaired) electrons. The van der Waals surface area contributed by atoms with Crippen LogP contribution >= 0.6 is 34.4 Å². The Labute approximate surface area is 68.2 Å². The molecule has 0 saturated heterocycles. The molecule has 0 saturated carbocycles. The highest BCUT2D eigenvalue weighted by atomic mass is 127. The number of thioether (sulfide) groups is 1. The molecule has 0 amide bonds. The van der Waals surface area contributed by atoms with Gasteiger partial charge in [0.05, 0.1) is 0 Å². The fraction of sp³-hybridized carbons (Fsp3) is 0.500. The van der Waals surface area contributed by atoms with E-state index in [1.54, 1.807) is 11.8 Å². The molecule has 4 heteroatoms. The largest absolute Gasteiger partial charge is 0.384 e. The normalized spacial score (nSPS) is 27.1. The summed E-state index contributed by atoms with van der Waals surface area (Å²) in [7, 11) is 5.50. The second kappa shape index (κ2) is 3.01. The maximum Gasteiger partial charge on any atom is 0.114 e. The van der Waals surface area contributed by atoms with Gasteiger partial charge in [0, 0.05) is 15.4 Å². The first kappa shape index (κ1) is 6.80. The fourth-order valence-corrected chi connectivity index (χ4v) is 1.90. The van der Waals surface area contributed by atoms with E-state index < -0.39 is 0 Å². The molecule has 0 aromatic carbocycles. The van der Waals surface area contributed by atoms with E-state index in [-0.39, 0.29) is 5.27 Å². The number of alkyl halides is 1. The molecule has 0 aromatic heterocycles. The lowest BCUT2D eigenvalue weighted by molar-refractivity contribution is 0.944. The first-order chi connectivity index (χ1) is 3.83. The zero-order valence-electron chi connectivity index (χ0n) is 4.23. The van der Waals surface area contributed by atoms with Crippen molar-refractivity contribution in [2.45, 2.75) is 5.27 Å². The Morgan fingerprint density at radius 3 is 3.00 bits per heavy atom. The first-order valence-corrected chi connectivity index (χ1v) is 4.72. The van der Waals surface area contributed by atoms with Crippen LogP contribution in [0.3, 0.4) is 0 Å². The van der Waals surface area contributed by atoms with Gasteiger partial charge in [0.15, 0.2) is 0 Å². The van der Waals surface area contributed by atoms with Crippen LogP contribution in [0.5, 0.6) is 0 Å². The quantitative estimate of drug-likeness (QED) is 0.415. The molecule has 0 bridgehead atoms. The van der Waals surface area contributed by atoms with Gasteiger partial charge in [-0.25, -0.2) is 0 Å². The molecular formula is C4H5BINS. The lowest BCUT2D eigenvalue weighted by Gasteiger charge is -2.03. The topological polar surface area (TPSA) is 12.0 Å². The van der Waals surface area contributed by atoms with Crippen molar-refractivity contribution in [3.05, 3.63) is 11.1 Å². The molecule has 8 heavy (non-hydrogen) atoms. The minimum Gasteiger partial charge on any atom is -0.384 e. The average Bonchev–Trinajstić information content (AvgIpc) is 2.14. The van der Waals surface area contributed by atoms with Crippen molar-refractivity contribution in [3.8, 4) is 0 Å². The maximum atomic E-state index is 5.50. The summed E-state index contributed by atoms with van der Waals surface area (Å²) in [5.41, 5.74) is 1.24. The lowest BCUT2D eigenvalue weighted by Crippen LogP contribution is -2.20. The zero-order valence-corrected chi connectivity index (χ0v) is 7.20. The van der Waals surface area contributed by atoms with E-state index in [4.69, 9.17) is 7.85 Å². The smallest absolute Gasteiger partial charge is 0.114 e. The van der Waals surface area contributed by atoms with Crippen LogP contribution in [0.15, 0.2) is 11.1 Å². The molecule has 1 rings (SSSR count). The van der Waals surface area contributed by atoms with E-state index in [1.165, 1.54) is 5.70 Å². The Morgan fingerprint density at radius 2 is 2.75 bits per heavy atom. The molecule has 1 aliphatic rings. The molecule has 1 aliphatic heterocycles. The number of hydrogen-bond acceptors (Lipinski definition) is 2. The number of halogens is 1. The third-order valence-electron chi connectivity index (χ3n) is 0.829. The Kier molecular flexibility index (Phi) is 2.56. The van der Waals surface area contributed by atoms with Gasteiger partial charge in [0.2, 0.25) is 0 Å². The van der Waals surface area contributed by atoms with Crippen molar-refractivity contribution in [3.63, 3.8) is 0 Å². The summed E-state index contributed by atoms with van der Waals surface area (Å²) in [6, 6.07) is 0. The molecule has 0 aliphatic carbocycles. The van der Waals surface area contributed by atoms with Crippen molar-refractivity contribution < 1.29 is 0 Å². The summed E-state index contributed by atoms with van der Waals surface area (Å²) in [4.78, 5) is 0. The van der Waals surface area contributed by atoms with Crippen LogP contribution in [0.25, 0.3) is 0 Å². The number of hydrogen-bond donors (Lipinski definition) is 1. The van der Waals surface area contributed by atoms with E-state index in [9.17, 15) is 0 Å². The van der Waals surface area contributed by atoms with Gasteiger partial charge in [-0.05, 0) is 5.41 Å². The highest BCUT2D eigenvalue weighted by Crippen LogP contribution is 2.18. The van der Waals surface area contributed by atoms with Crippen LogP contribution in [0.4, 0.5) is 0 Å². The number of rotatable bonds is 1. The molecule has 1 atom stereocenters. The average molecular weight is 237 g/mol. The summed E-state index contributed by atoms with van der Waals surface area (Å²) < 4.78 is 1.03. The Bertz CT molecular complexity index is 117. The van der Waals surface area contributed by atoms with E-state index in [1.807, 2.05) is 0 Å². The van der Waals surface area contributed by atoms with Gasteiger partial charge in [-0.2, -0.15) is 0 Å². The summed E-state index contributed by atoms with van der Waals surface area (Å²) in [5.74, 6) is 0. The first-order valence-electron chi connectivity index (χ1n) is 2.25. The molecular weight excluding hydrogens is 232 g/mol. The van der Waals surface area contributed by atoms with Crippen molar-refractivity contribution in [2.75, 3.05) is 4.43 Å². The molecule has 1 N–H and O–H groups in total. The fourth-order valence-electron chi connectivity index (χ4n) is 0.476. The standard InChI is InChI=1S/C4H5BINS/c5-4-7-3(1-6)2-8-4/h2,4,7H,1H2/t4-/m1/s1. The third-order valence-corrected chi connectivity index (χ3v) is 2.48. The molecule has 1 nitrogen and oxygen atoms in total. The zero-order chi connectivity index (χ0) is 5.98. The van der Waals surface area contributed by atoms with E-state index in [0.29, 0.717) is 0 Å². The van der Waals surface area contributed by atoms with Crippen LogP contribution in [0, 0.1) is 0 Å². The Hall–Kier alpha value is 0.685. The van der Waals surface area contributed by atoms with Gasteiger partial charge in [-0.3, -0.25) is 0 Å². The van der Waals surface area contributed by atoms with Crippen LogP contribution in [-0.2, 0) is 0 Å². The minimum atomic E-state index is 0.0970. The Balaban J connectivity index is 2.37. The van der Waals surface area contributed by atoms with E-state index in [2.05, 4.69) is 33.3 Å². The maximum absolute atomic E-state index is 5.50. The second-order valence-electron chi connectivity index (χ2n) is 1.48. The van der Waals surface area contributed by atoms with E-state index >= 15 is 0 Å². The van der Waals surface area contributed by atoms with Crippen LogP contribution in [0.1, 0.15) is 0 Å². The summed E-state index contributed by atoms with van der Waals surface area (Å²) in [5, 5.41) is 5.26. The van der Waals surface area contributed by atoms with Crippen LogP contribution < -0.4 is 5.32 Å². The van der Waals surface area contributed by atoms with Crippen molar-refractivity contribution in [2.24, 2.45) is 0 Å². The second-order valence-corrected chi connectivity index (χ2v) is 3.26. The highest BCUT2D eigenvalue weighted by molar-refractivity contribution is 14.1. The predicted octanol–water partition coefficient (Wildman–Crippen LogP) is 1.05. The van der Waals surface area contributed by atoms with Crippen LogP contribution in [0.2, 0.25) is 0 Å². The molecule has 1 heterocycles. The van der Waals surface area contributed by atoms with Gasteiger partial charge in [0.1, 0.15) is 7.85 Å². The lowest BCUT2D eigenvalue weighted by atomic mass is 10.1. The molecule has 42 valence electrons. The van der Waals surface area contributed by atoms with Gasteiger partial charge in [0.25, 0.3) is 0 Å². The third kappa shape index (κ3) is 1.58. The van der Waals surface area contributed by atoms with E-state index in [0.717, 1.165) is 4.43 Å². The predicted molar refractivity (Wildman–Crippen MR) is 47.2 cm³/mol. The van der Waals surface area contributed by atoms with Gasteiger partial charge in [-0.1, -0.05) is 22.6 Å². The number of nitrogens with one attached hydrogen (secondary N) is 1. The van der Waals surface area contributed by atoms with Crippen molar-refractivity contribution >= 4 is 42.2 Å². The van der Waals surface area contributed by atoms with Gasteiger partial charge >= 0.3 is 0 Å². The highest BCUT2D eigenvalue weighted by Gasteiger charge is 2.08. The molecule has 0 unspecified atom stereocenters. The van der Waals surface area contributed by atoms with Gasteiger partial charge < -0.3 is 5.32 Å². The molecule has 0 aromatic rings. The monoisotopic (exact) mass is 237 g/mol. The molecule has 0 spiro atoms. The summed E-state index contributed by atoms with van der Waals surface area (Å²) in [6.07, 6.45) is 0. The SMILES string of the molecule is [B][C@@H]1NC(CI)=CS1. The summed E-state index contributed by atoms with van der Waals surface area (Å²) >= 11 is 3.93. The van der Waals surface area contributed by atoms with Crippen LogP contribution in [-0.4, -0.2) is 17.5 Å².